The molecule has 1 unspecified atom stereocenters. The van der Waals surface area contributed by atoms with Crippen molar-refractivity contribution in [2.24, 2.45) is 0 Å². The van der Waals surface area contributed by atoms with E-state index in [0.29, 0.717) is 24.8 Å². The SMILES string of the molecule is CCN1CCCC1CNC(=O)c1cccc(OCc2cccc(C)c2)c1. The molecule has 1 aliphatic heterocycles. The lowest BCUT2D eigenvalue weighted by Gasteiger charge is -2.22. The third-order valence-electron chi connectivity index (χ3n) is 4.99. The average molecular weight is 352 g/mol. The van der Waals surface area contributed by atoms with Gasteiger partial charge >= 0.3 is 0 Å². The minimum Gasteiger partial charge on any atom is -0.489 e. The summed E-state index contributed by atoms with van der Waals surface area (Å²) in [6.07, 6.45) is 2.38. The van der Waals surface area contributed by atoms with Crippen LogP contribution in [-0.2, 0) is 6.61 Å². The number of carbonyl (C=O) groups is 1. The number of nitrogens with zero attached hydrogens (tertiary/aromatic N) is 1. The van der Waals surface area contributed by atoms with E-state index in [1.54, 1.807) is 0 Å². The van der Waals surface area contributed by atoms with Crippen LogP contribution in [0.25, 0.3) is 0 Å². The Morgan fingerprint density at radius 2 is 2.08 bits per heavy atom. The molecule has 138 valence electrons. The van der Waals surface area contributed by atoms with Gasteiger partial charge < -0.3 is 10.1 Å². The number of aryl methyl sites for hydroxylation is 1. The predicted octanol–water partition coefficient (Wildman–Crippen LogP) is 3.79. The molecule has 1 amide bonds. The molecule has 0 aromatic heterocycles. The van der Waals surface area contributed by atoms with Crippen LogP contribution in [0.4, 0.5) is 0 Å². The molecule has 3 rings (SSSR count). The standard InChI is InChI=1S/C22H28N2O2/c1-3-24-12-6-10-20(24)15-23-22(25)19-9-5-11-21(14-19)26-16-18-8-4-7-17(2)13-18/h4-5,7-9,11,13-14,20H,3,6,10,12,15-16H2,1-2H3,(H,23,25). The molecule has 0 saturated carbocycles. The summed E-state index contributed by atoms with van der Waals surface area (Å²) in [5, 5.41) is 3.08. The number of likely N-dealkylation sites (tertiary alicyclic amines) is 1. The van der Waals surface area contributed by atoms with E-state index in [4.69, 9.17) is 4.74 Å². The first-order valence-electron chi connectivity index (χ1n) is 9.46. The molecule has 0 bridgehead atoms. The molecular formula is C22H28N2O2. The molecule has 1 aliphatic rings. The summed E-state index contributed by atoms with van der Waals surface area (Å²) in [7, 11) is 0. The van der Waals surface area contributed by atoms with Gasteiger partial charge in [-0.15, -0.1) is 0 Å². The van der Waals surface area contributed by atoms with Crippen molar-refractivity contribution < 1.29 is 9.53 Å². The van der Waals surface area contributed by atoms with Crippen molar-refractivity contribution in [2.45, 2.75) is 39.3 Å². The number of rotatable bonds is 7. The maximum atomic E-state index is 12.5. The molecule has 1 fully saturated rings. The zero-order valence-corrected chi connectivity index (χ0v) is 15.7. The number of nitrogens with one attached hydrogen (secondary N) is 1. The summed E-state index contributed by atoms with van der Waals surface area (Å²) in [6, 6.07) is 16.1. The maximum absolute atomic E-state index is 12.5. The van der Waals surface area contributed by atoms with Gasteiger partial charge in [-0.05, 0) is 56.6 Å². The van der Waals surface area contributed by atoms with Gasteiger partial charge in [-0.3, -0.25) is 9.69 Å². The first-order chi connectivity index (χ1) is 12.7. The van der Waals surface area contributed by atoms with E-state index in [1.807, 2.05) is 36.4 Å². The monoisotopic (exact) mass is 352 g/mol. The quantitative estimate of drug-likeness (QED) is 0.824. The maximum Gasteiger partial charge on any atom is 0.251 e. The summed E-state index contributed by atoms with van der Waals surface area (Å²) < 4.78 is 5.86. The lowest BCUT2D eigenvalue weighted by molar-refractivity contribution is 0.0941. The molecule has 1 heterocycles. The fourth-order valence-electron chi connectivity index (χ4n) is 3.55. The average Bonchev–Trinajstić information content (AvgIpc) is 3.12. The Morgan fingerprint density at radius 1 is 1.23 bits per heavy atom. The second kappa shape index (κ2) is 8.86. The van der Waals surface area contributed by atoms with E-state index in [9.17, 15) is 4.79 Å². The Balaban J connectivity index is 1.55. The van der Waals surface area contributed by atoms with Crippen molar-refractivity contribution in [3.8, 4) is 5.75 Å². The van der Waals surface area contributed by atoms with Crippen LogP contribution >= 0.6 is 0 Å². The van der Waals surface area contributed by atoms with E-state index in [0.717, 1.165) is 30.8 Å². The van der Waals surface area contributed by atoms with Crippen molar-refractivity contribution in [3.05, 3.63) is 65.2 Å². The minimum atomic E-state index is -0.0334. The summed E-state index contributed by atoms with van der Waals surface area (Å²) in [6.45, 7) is 7.64. The van der Waals surface area contributed by atoms with Crippen LogP contribution in [0.1, 0.15) is 41.3 Å². The van der Waals surface area contributed by atoms with Gasteiger partial charge in [-0.1, -0.05) is 42.8 Å². The topological polar surface area (TPSA) is 41.6 Å². The Hall–Kier alpha value is -2.33. The number of hydrogen-bond acceptors (Lipinski definition) is 3. The third-order valence-corrected chi connectivity index (χ3v) is 4.99. The van der Waals surface area contributed by atoms with Gasteiger partial charge in [0.25, 0.3) is 5.91 Å². The molecule has 26 heavy (non-hydrogen) atoms. The number of ether oxygens (including phenoxy) is 1. The fourth-order valence-corrected chi connectivity index (χ4v) is 3.55. The van der Waals surface area contributed by atoms with E-state index in [1.165, 1.54) is 12.0 Å². The lowest BCUT2D eigenvalue weighted by Crippen LogP contribution is -2.40. The second-order valence-electron chi connectivity index (χ2n) is 6.94. The largest absolute Gasteiger partial charge is 0.489 e. The first kappa shape index (κ1) is 18.5. The molecule has 2 aromatic rings. The van der Waals surface area contributed by atoms with Gasteiger partial charge in [0.1, 0.15) is 12.4 Å². The second-order valence-corrected chi connectivity index (χ2v) is 6.94. The lowest BCUT2D eigenvalue weighted by atomic mass is 10.1. The molecule has 1 saturated heterocycles. The van der Waals surface area contributed by atoms with Crippen molar-refractivity contribution in [1.29, 1.82) is 0 Å². The molecule has 0 spiro atoms. The molecule has 4 nitrogen and oxygen atoms in total. The molecule has 1 N–H and O–H groups in total. The van der Waals surface area contributed by atoms with Crippen molar-refractivity contribution in [1.82, 2.24) is 10.2 Å². The molecule has 4 heteroatoms. The highest BCUT2D eigenvalue weighted by Crippen LogP contribution is 2.17. The van der Waals surface area contributed by atoms with Crippen LogP contribution in [-0.4, -0.2) is 36.5 Å². The number of likely N-dealkylation sites (N-methyl/N-ethyl adjacent to an activating group) is 1. The van der Waals surface area contributed by atoms with Gasteiger partial charge in [-0.2, -0.15) is 0 Å². The predicted molar refractivity (Wildman–Crippen MR) is 105 cm³/mol. The molecule has 0 radical (unpaired) electrons. The molecule has 0 aliphatic carbocycles. The summed E-state index contributed by atoms with van der Waals surface area (Å²) in [4.78, 5) is 14.9. The molecular weight excluding hydrogens is 324 g/mol. The highest BCUT2D eigenvalue weighted by atomic mass is 16.5. The highest BCUT2D eigenvalue weighted by molar-refractivity contribution is 5.94. The normalized spacial score (nSPS) is 17.2. The zero-order valence-electron chi connectivity index (χ0n) is 15.7. The van der Waals surface area contributed by atoms with Crippen LogP contribution in [0.3, 0.4) is 0 Å². The van der Waals surface area contributed by atoms with Gasteiger partial charge in [0, 0.05) is 18.2 Å². The first-order valence-corrected chi connectivity index (χ1v) is 9.46. The van der Waals surface area contributed by atoms with E-state index in [-0.39, 0.29) is 5.91 Å². The van der Waals surface area contributed by atoms with Crippen LogP contribution in [0.2, 0.25) is 0 Å². The van der Waals surface area contributed by atoms with E-state index in [2.05, 4.69) is 36.2 Å². The van der Waals surface area contributed by atoms with E-state index < -0.39 is 0 Å². The third kappa shape index (κ3) is 4.85. The summed E-state index contributed by atoms with van der Waals surface area (Å²) >= 11 is 0. The van der Waals surface area contributed by atoms with Gasteiger partial charge in [-0.25, -0.2) is 0 Å². The van der Waals surface area contributed by atoms with Crippen LogP contribution in [0.15, 0.2) is 48.5 Å². The Labute approximate surface area is 156 Å². The summed E-state index contributed by atoms with van der Waals surface area (Å²) in [5.41, 5.74) is 2.99. The van der Waals surface area contributed by atoms with Crippen LogP contribution in [0.5, 0.6) is 5.75 Å². The Bertz CT molecular complexity index is 744. The number of benzene rings is 2. The summed E-state index contributed by atoms with van der Waals surface area (Å²) in [5.74, 6) is 0.684. The van der Waals surface area contributed by atoms with Gasteiger partial charge in [0.15, 0.2) is 0 Å². The number of hydrogen-bond donors (Lipinski definition) is 1. The zero-order chi connectivity index (χ0) is 18.4. The highest BCUT2D eigenvalue weighted by Gasteiger charge is 2.23. The smallest absolute Gasteiger partial charge is 0.251 e. The van der Waals surface area contributed by atoms with Gasteiger partial charge in [0.2, 0.25) is 0 Å². The fraction of sp³-hybridized carbons (Fsp3) is 0.409. The van der Waals surface area contributed by atoms with E-state index >= 15 is 0 Å². The Kier molecular flexibility index (Phi) is 6.29. The Morgan fingerprint density at radius 3 is 2.88 bits per heavy atom. The van der Waals surface area contributed by atoms with Gasteiger partial charge in [0.05, 0.1) is 0 Å². The number of amides is 1. The van der Waals surface area contributed by atoms with Crippen molar-refractivity contribution in [3.63, 3.8) is 0 Å². The minimum absolute atomic E-state index is 0.0334. The van der Waals surface area contributed by atoms with Crippen molar-refractivity contribution in [2.75, 3.05) is 19.6 Å². The van der Waals surface area contributed by atoms with Crippen LogP contribution < -0.4 is 10.1 Å². The van der Waals surface area contributed by atoms with Crippen LogP contribution in [0, 0.1) is 6.92 Å². The molecule has 2 aromatic carbocycles. The number of carbonyl (C=O) groups excluding carboxylic acids is 1. The molecule has 1 atom stereocenters. The van der Waals surface area contributed by atoms with Crippen molar-refractivity contribution >= 4 is 5.91 Å².